The number of nitrogens with zero attached hydrogens (tertiary/aromatic N) is 1. The van der Waals surface area contributed by atoms with Gasteiger partial charge in [-0.05, 0) is 31.0 Å². The number of amides is 1. The van der Waals surface area contributed by atoms with Gasteiger partial charge in [-0.25, -0.2) is 4.39 Å². The van der Waals surface area contributed by atoms with Gasteiger partial charge in [-0.2, -0.15) is 0 Å². The molecule has 0 aromatic heterocycles. The van der Waals surface area contributed by atoms with E-state index in [1.165, 1.54) is 17.0 Å². The highest BCUT2D eigenvalue weighted by Crippen LogP contribution is 2.29. The van der Waals surface area contributed by atoms with E-state index in [0.29, 0.717) is 0 Å². The third kappa shape index (κ3) is 3.44. The van der Waals surface area contributed by atoms with Crippen molar-refractivity contribution in [1.29, 1.82) is 0 Å². The highest BCUT2D eigenvalue weighted by molar-refractivity contribution is 6.31. The average molecular weight is 286 g/mol. The van der Waals surface area contributed by atoms with E-state index >= 15 is 0 Å². The minimum atomic E-state index is -0.981. The largest absolute Gasteiger partial charge is 0.481 e. The van der Waals surface area contributed by atoms with Gasteiger partial charge in [-0.15, -0.1) is 0 Å². The molecule has 0 bridgehead atoms. The number of carboxylic acids is 1. The van der Waals surface area contributed by atoms with Crippen LogP contribution in [0, 0.1) is 5.82 Å². The molecule has 1 aromatic rings. The molecule has 1 amide bonds. The van der Waals surface area contributed by atoms with Crippen LogP contribution in [0.3, 0.4) is 0 Å². The van der Waals surface area contributed by atoms with Crippen LogP contribution >= 0.6 is 11.6 Å². The smallest absolute Gasteiger partial charge is 0.305 e. The number of aliphatic carboxylic acids is 1. The molecular weight excluding hydrogens is 273 g/mol. The van der Waals surface area contributed by atoms with E-state index in [1.807, 2.05) is 0 Å². The van der Waals surface area contributed by atoms with Crippen LogP contribution in [0.1, 0.15) is 29.6 Å². The maximum atomic E-state index is 13.6. The Kier molecular flexibility index (Phi) is 4.04. The van der Waals surface area contributed by atoms with Crippen molar-refractivity contribution >= 4 is 23.5 Å². The lowest BCUT2D eigenvalue weighted by molar-refractivity contribution is -0.137. The van der Waals surface area contributed by atoms with E-state index in [-0.39, 0.29) is 29.6 Å². The van der Waals surface area contributed by atoms with E-state index in [9.17, 15) is 14.0 Å². The first-order valence-corrected chi connectivity index (χ1v) is 6.34. The van der Waals surface area contributed by atoms with E-state index in [0.717, 1.165) is 18.9 Å². The van der Waals surface area contributed by atoms with Crippen molar-refractivity contribution in [2.45, 2.75) is 25.3 Å². The Morgan fingerprint density at radius 3 is 2.68 bits per heavy atom. The minimum Gasteiger partial charge on any atom is -0.481 e. The molecule has 19 heavy (non-hydrogen) atoms. The molecule has 1 N–H and O–H groups in total. The molecule has 6 heteroatoms. The third-order valence-corrected chi connectivity index (χ3v) is 3.21. The normalized spacial score (nSPS) is 14.2. The number of hydrogen-bond acceptors (Lipinski definition) is 2. The Hall–Kier alpha value is -1.62. The third-order valence-electron chi connectivity index (χ3n) is 2.97. The predicted octanol–water partition coefficient (Wildman–Crippen LogP) is 2.56. The Balaban J connectivity index is 2.18. The fraction of sp³-hybridized carbons (Fsp3) is 0.385. The molecule has 0 saturated heterocycles. The standard InChI is InChI=1S/C13H13ClFNO3/c14-8-1-4-11(15)10(7-8)13(19)16(9-2-3-9)6-5-12(17)18/h1,4,7,9H,2-3,5-6H2,(H,17,18). The first-order valence-electron chi connectivity index (χ1n) is 5.97. The summed E-state index contributed by atoms with van der Waals surface area (Å²) in [7, 11) is 0. The topological polar surface area (TPSA) is 57.6 Å². The van der Waals surface area contributed by atoms with Crippen LogP contribution in [0.5, 0.6) is 0 Å². The van der Waals surface area contributed by atoms with Gasteiger partial charge in [0.25, 0.3) is 5.91 Å². The van der Waals surface area contributed by atoms with Crippen molar-refractivity contribution in [2.24, 2.45) is 0 Å². The summed E-state index contributed by atoms with van der Waals surface area (Å²) in [6.07, 6.45) is 1.51. The van der Waals surface area contributed by atoms with Crippen LogP contribution in [0.4, 0.5) is 4.39 Å². The number of benzene rings is 1. The molecule has 1 aromatic carbocycles. The zero-order chi connectivity index (χ0) is 14.0. The van der Waals surface area contributed by atoms with E-state index in [2.05, 4.69) is 0 Å². The summed E-state index contributed by atoms with van der Waals surface area (Å²) in [4.78, 5) is 24.3. The molecule has 0 radical (unpaired) electrons. The summed E-state index contributed by atoms with van der Waals surface area (Å²) in [6.45, 7) is 0.0881. The highest BCUT2D eigenvalue weighted by atomic mass is 35.5. The lowest BCUT2D eigenvalue weighted by Crippen LogP contribution is -2.35. The number of rotatable bonds is 5. The number of carbonyl (C=O) groups excluding carboxylic acids is 1. The molecule has 1 saturated carbocycles. The summed E-state index contributed by atoms with van der Waals surface area (Å²) >= 11 is 5.76. The van der Waals surface area contributed by atoms with Crippen molar-refractivity contribution in [1.82, 2.24) is 4.90 Å². The summed E-state index contributed by atoms with van der Waals surface area (Å²) in [5, 5.41) is 8.96. The number of halogens is 2. The number of hydrogen-bond donors (Lipinski definition) is 1. The van der Waals surface area contributed by atoms with Gasteiger partial charge in [-0.3, -0.25) is 9.59 Å². The van der Waals surface area contributed by atoms with Gasteiger partial charge in [0.05, 0.1) is 12.0 Å². The Morgan fingerprint density at radius 2 is 2.11 bits per heavy atom. The van der Waals surface area contributed by atoms with E-state index < -0.39 is 17.7 Å². The molecule has 0 aliphatic heterocycles. The van der Waals surface area contributed by atoms with Gasteiger partial charge in [0.2, 0.25) is 0 Å². The maximum absolute atomic E-state index is 13.6. The number of carboxylic acid groups (broad SMARTS) is 1. The Bertz CT molecular complexity index is 517. The van der Waals surface area contributed by atoms with Crippen LogP contribution in [0.15, 0.2) is 18.2 Å². The lowest BCUT2D eigenvalue weighted by atomic mass is 10.1. The second-order valence-corrected chi connectivity index (χ2v) is 4.93. The molecule has 0 atom stereocenters. The molecule has 4 nitrogen and oxygen atoms in total. The maximum Gasteiger partial charge on any atom is 0.305 e. The van der Waals surface area contributed by atoms with Crippen molar-refractivity contribution in [2.75, 3.05) is 6.54 Å². The van der Waals surface area contributed by atoms with Crippen LogP contribution in [-0.2, 0) is 4.79 Å². The van der Waals surface area contributed by atoms with Crippen molar-refractivity contribution in [3.63, 3.8) is 0 Å². The number of carbonyl (C=O) groups is 2. The summed E-state index contributed by atoms with van der Waals surface area (Å²) in [5.74, 6) is -2.12. The molecule has 1 fully saturated rings. The highest BCUT2D eigenvalue weighted by Gasteiger charge is 2.34. The fourth-order valence-electron chi connectivity index (χ4n) is 1.87. The van der Waals surface area contributed by atoms with Crippen molar-refractivity contribution in [3.8, 4) is 0 Å². The molecule has 2 rings (SSSR count). The van der Waals surface area contributed by atoms with Gasteiger partial charge in [0.1, 0.15) is 5.82 Å². The van der Waals surface area contributed by atoms with Crippen LogP contribution < -0.4 is 0 Å². The SMILES string of the molecule is O=C(O)CCN(C(=O)c1cc(Cl)ccc1F)C1CC1. The Labute approximate surface area is 114 Å². The molecule has 1 aliphatic carbocycles. The molecular formula is C13H13ClFNO3. The molecule has 0 heterocycles. The molecule has 0 spiro atoms. The first-order chi connectivity index (χ1) is 8.99. The van der Waals surface area contributed by atoms with Gasteiger partial charge in [0.15, 0.2) is 0 Å². The van der Waals surface area contributed by atoms with Crippen LogP contribution in [0.2, 0.25) is 5.02 Å². The first kappa shape index (κ1) is 13.8. The minimum absolute atomic E-state index is 0.0187. The average Bonchev–Trinajstić information content (AvgIpc) is 3.16. The zero-order valence-corrected chi connectivity index (χ0v) is 10.9. The molecule has 0 unspecified atom stereocenters. The lowest BCUT2D eigenvalue weighted by Gasteiger charge is -2.22. The van der Waals surface area contributed by atoms with E-state index in [4.69, 9.17) is 16.7 Å². The monoisotopic (exact) mass is 285 g/mol. The fourth-order valence-corrected chi connectivity index (χ4v) is 2.04. The molecule has 102 valence electrons. The van der Waals surface area contributed by atoms with Crippen LogP contribution in [0.25, 0.3) is 0 Å². The van der Waals surface area contributed by atoms with E-state index in [1.54, 1.807) is 0 Å². The van der Waals surface area contributed by atoms with Gasteiger partial charge >= 0.3 is 5.97 Å². The zero-order valence-electron chi connectivity index (χ0n) is 10.1. The predicted molar refractivity (Wildman–Crippen MR) is 67.7 cm³/mol. The van der Waals surface area contributed by atoms with Gasteiger partial charge in [-0.1, -0.05) is 11.6 Å². The Morgan fingerprint density at radius 1 is 1.42 bits per heavy atom. The van der Waals surface area contributed by atoms with Crippen molar-refractivity contribution < 1.29 is 19.1 Å². The molecule has 1 aliphatic rings. The second-order valence-electron chi connectivity index (χ2n) is 4.50. The van der Waals surface area contributed by atoms with Gasteiger partial charge < -0.3 is 10.0 Å². The van der Waals surface area contributed by atoms with Crippen LogP contribution in [-0.4, -0.2) is 34.5 Å². The summed E-state index contributed by atoms with van der Waals surface area (Å²) < 4.78 is 13.6. The quantitative estimate of drug-likeness (QED) is 0.904. The van der Waals surface area contributed by atoms with Gasteiger partial charge in [0, 0.05) is 17.6 Å². The van der Waals surface area contributed by atoms with Crippen molar-refractivity contribution in [3.05, 3.63) is 34.6 Å². The summed E-state index contributed by atoms with van der Waals surface area (Å²) in [6, 6.07) is 3.80. The second kappa shape index (κ2) is 5.57. The summed E-state index contributed by atoms with van der Waals surface area (Å²) in [5.41, 5.74) is -0.107.